The van der Waals surface area contributed by atoms with Gasteiger partial charge in [0.15, 0.2) is 0 Å². The molecule has 0 unspecified atom stereocenters. The lowest BCUT2D eigenvalue weighted by atomic mass is 9.90. The second-order valence-corrected chi connectivity index (χ2v) is 9.25. The maximum Gasteiger partial charge on any atom is 0.236 e. The normalized spacial score (nSPS) is 18.4. The van der Waals surface area contributed by atoms with E-state index < -0.39 is 5.41 Å². The van der Waals surface area contributed by atoms with Crippen molar-refractivity contribution in [3.63, 3.8) is 0 Å². The number of nitrogens with zero attached hydrogens (tertiary/aromatic N) is 2. The molecule has 2 aliphatic rings. The number of carbonyl (C=O) groups is 1. The smallest absolute Gasteiger partial charge is 0.236 e. The van der Waals surface area contributed by atoms with Crippen LogP contribution in [0.5, 0.6) is 0 Å². The Morgan fingerprint density at radius 3 is 2.16 bits per heavy atom. The Kier molecular flexibility index (Phi) is 4.66. The van der Waals surface area contributed by atoms with Gasteiger partial charge in [-0.3, -0.25) is 14.8 Å². The molecule has 0 fully saturated rings. The van der Waals surface area contributed by atoms with E-state index in [4.69, 9.17) is 0 Å². The molecule has 25 heavy (non-hydrogen) atoms. The Morgan fingerprint density at radius 1 is 0.960 bits per heavy atom. The van der Waals surface area contributed by atoms with Crippen molar-refractivity contribution in [1.29, 1.82) is 0 Å². The van der Waals surface area contributed by atoms with Crippen LogP contribution in [0.4, 0.5) is 11.4 Å². The van der Waals surface area contributed by atoms with Gasteiger partial charge in [0.05, 0.1) is 28.2 Å². The third-order valence-corrected chi connectivity index (χ3v) is 5.35. The summed E-state index contributed by atoms with van der Waals surface area (Å²) < 4.78 is 1.91. The van der Waals surface area contributed by atoms with Crippen LogP contribution in [0.15, 0.2) is 33.5 Å². The van der Waals surface area contributed by atoms with E-state index in [1.54, 1.807) is 6.20 Å². The van der Waals surface area contributed by atoms with Gasteiger partial charge in [0, 0.05) is 33.3 Å². The zero-order valence-corrected chi connectivity index (χ0v) is 17.7. The molecule has 0 bridgehead atoms. The number of nitrogens with one attached hydrogen (secondary N) is 2. The summed E-state index contributed by atoms with van der Waals surface area (Å²) in [5, 5.41) is 6.14. The minimum atomic E-state index is -0.504. The summed E-state index contributed by atoms with van der Waals surface area (Å²) in [5.41, 5.74) is 3.64. The number of rotatable bonds is 0. The van der Waals surface area contributed by atoms with Crippen molar-refractivity contribution >= 4 is 49.1 Å². The molecule has 0 radical (unpaired) electrons. The molecule has 4 heterocycles. The Bertz CT molecular complexity index is 849. The lowest BCUT2D eigenvalue weighted by Gasteiger charge is -2.14. The highest BCUT2D eigenvalue weighted by Crippen LogP contribution is 2.37. The Hall–Kier alpha value is -1.47. The van der Waals surface area contributed by atoms with Crippen LogP contribution in [0.3, 0.4) is 0 Å². The van der Waals surface area contributed by atoms with Crippen LogP contribution in [0.25, 0.3) is 0 Å². The average Bonchev–Trinajstić information content (AvgIpc) is 2.93. The van der Waals surface area contributed by atoms with Crippen molar-refractivity contribution in [3.8, 4) is 0 Å². The first-order valence-corrected chi connectivity index (χ1v) is 9.57. The molecule has 132 valence electrons. The molecule has 0 aromatic carbocycles. The number of pyridine rings is 2. The standard InChI is InChI=1S/C9H9BrN2O.C9H11BrN2/c1-9(2)7-6(12-8(9)13)3-5(10)4-11-7;1-9(2)5-12-7-3-6(10)4-11-8(7)9/h3-4H,1-2H3,(H,12,13);3-4,12H,5H2,1-2H3. The Morgan fingerprint density at radius 2 is 1.52 bits per heavy atom. The fourth-order valence-electron chi connectivity index (χ4n) is 2.93. The van der Waals surface area contributed by atoms with Crippen LogP contribution in [0.2, 0.25) is 0 Å². The van der Waals surface area contributed by atoms with E-state index in [0.717, 1.165) is 32.6 Å². The highest BCUT2D eigenvalue weighted by Gasteiger charge is 2.39. The van der Waals surface area contributed by atoms with Gasteiger partial charge in [-0.25, -0.2) is 0 Å². The molecule has 2 aliphatic heterocycles. The van der Waals surface area contributed by atoms with Crippen molar-refractivity contribution in [2.24, 2.45) is 0 Å². The molecule has 0 aliphatic carbocycles. The molecular weight excluding hydrogens is 448 g/mol. The quantitative estimate of drug-likeness (QED) is 0.593. The number of aromatic nitrogens is 2. The van der Waals surface area contributed by atoms with E-state index in [-0.39, 0.29) is 11.3 Å². The highest BCUT2D eigenvalue weighted by atomic mass is 79.9. The third-order valence-electron chi connectivity index (χ3n) is 4.48. The lowest BCUT2D eigenvalue weighted by molar-refractivity contribution is -0.119. The van der Waals surface area contributed by atoms with Gasteiger partial charge in [-0.2, -0.15) is 0 Å². The van der Waals surface area contributed by atoms with Gasteiger partial charge in [-0.05, 0) is 57.8 Å². The molecule has 4 rings (SSSR count). The second-order valence-electron chi connectivity index (χ2n) is 7.42. The molecule has 1 amide bonds. The van der Waals surface area contributed by atoms with Crippen molar-refractivity contribution < 1.29 is 4.79 Å². The van der Waals surface area contributed by atoms with E-state index in [1.807, 2.05) is 26.1 Å². The van der Waals surface area contributed by atoms with Crippen molar-refractivity contribution in [2.45, 2.75) is 38.5 Å². The second kappa shape index (κ2) is 6.36. The minimum absolute atomic E-state index is 0.00750. The summed E-state index contributed by atoms with van der Waals surface area (Å²) in [4.78, 5) is 20.1. The van der Waals surface area contributed by atoms with Crippen molar-refractivity contribution in [2.75, 3.05) is 17.2 Å². The monoisotopic (exact) mass is 466 g/mol. The predicted octanol–water partition coefficient (Wildman–Crippen LogP) is 4.62. The number of fused-ring (bicyclic) bond motifs is 2. The van der Waals surface area contributed by atoms with E-state index in [9.17, 15) is 4.79 Å². The summed E-state index contributed by atoms with van der Waals surface area (Å²) in [6.07, 6.45) is 3.56. The van der Waals surface area contributed by atoms with Gasteiger partial charge >= 0.3 is 0 Å². The van der Waals surface area contributed by atoms with Crippen LogP contribution in [-0.4, -0.2) is 22.4 Å². The molecule has 2 aromatic rings. The topological polar surface area (TPSA) is 66.9 Å². The Balaban J connectivity index is 0.000000146. The van der Waals surface area contributed by atoms with E-state index in [0.29, 0.717) is 0 Å². The average molecular weight is 468 g/mol. The van der Waals surface area contributed by atoms with Gasteiger partial charge in [0.2, 0.25) is 5.91 Å². The minimum Gasteiger partial charge on any atom is -0.383 e. The van der Waals surface area contributed by atoms with Crippen LogP contribution < -0.4 is 10.6 Å². The number of halogens is 2. The summed E-state index contributed by atoms with van der Waals surface area (Å²) in [5.74, 6) is 0.00750. The fraction of sp³-hybridized carbons (Fsp3) is 0.389. The maximum atomic E-state index is 11.5. The number of hydrogen-bond acceptors (Lipinski definition) is 4. The first kappa shape index (κ1) is 18.3. The number of carbonyl (C=O) groups excluding carboxylic acids is 1. The van der Waals surface area contributed by atoms with E-state index in [2.05, 4.69) is 72.4 Å². The largest absolute Gasteiger partial charge is 0.383 e. The van der Waals surface area contributed by atoms with Gasteiger partial charge in [0.25, 0.3) is 0 Å². The first-order chi connectivity index (χ1) is 11.6. The molecule has 7 heteroatoms. The molecule has 2 N–H and O–H groups in total. The predicted molar refractivity (Wildman–Crippen MR) is 107 cm³/mol. The summed E-state index contributed by atoms with van der Waals surface area (Å²) >= 11 is 6.71. The number of amides is 1. The molecule has 0 saturated heterocycles. The molecule has 0 atom stereocenters. The van der Waals surface area contributed by atoms with Gasteiger partial charge < -0.3 is 10.6 Å². The van der Waals surface area contributed by atoms with Crippen molar-refractivity contribution in [1.82, 2.24) is 9.97 Å². The molecular formula is C18H20Br2N4O. The molecule has 5 nitrogen and oxygen atoms in total. The number of hydrogen-bond donors (Lipinski definition) is 2. The summed E-state index contributed by atoms with van der Waals surface area (Å²) in [6, 6.07) is 3.95. The zero-order chi connectivity index (χ0) is 18.4. The van der Waals surface area contributed by atoms with E-state index >= 15 is 0 Å². The number of anilines is 2. The summed E-state index contributed by atoms with van der Waals surface area (Å²) in [7, 11) is 0. The SMILES string of the molecule is CC1(C)C(=O)Nc2cc(Br)cnc21.CC1(C)CNc2cc(Br)cnc21. The zero-order valence-electron chi connectivity index (χ0n) is 14.6. The van der Waals surface area contributed by atoms with Crippen molar-refractivity contribution in [3.05, 3.63) is 44.9 Å². The fourth-order valence-corrected chi connectivity index (χ4v) is 3.59. The molecule has 2 aromatic heterocycles. The maximum absolute atomic E-state index is 11.5. The molecule has 0 spiro atoms. The van der Waals surface area contributed by atoms with Crippen LogP contribution >= 0.6 is 31.9 Å². The van der Waals surface area contributed by atoms with Crippen LogP contribution in [0.1, 0.15) is 39.1 Å². The Labute approximate surface area is 164 Å². The summed E-state index contributed by atoms with van der Waals surface area (Å²) in [6.45, 7) is 9.12. The van der Waals surface area contributed by atoms with Gasteiger partial charge in [0.1, 0.15) is 0 Å². The lowest BCUT2D eigenvalue weighted by Crippen LogP contribution is -2.27. The van der Waals surface area contributed by atoms with Crippen LogP contribution in [0, 0.1) is 0 Å². The third kappa shape index (κ3) is 3.44. The van der Waals surface area contributed by atoms with Crippen LogP contribution in [-0.2, 0) is 15.6 Å². The van der Waals surface area contributed by atoms with Gasteiger partial charge in [-0.15, -0.1) is 0 Å². The first-order valence-electron chi connectivity index (χ1n) is 7.98. The van der Waals surface area contributed by atoms with E-state index in [1.165, 1.54) is 5.69 Å². The highest BCUT2D eigenvalue weighted by molar-refractivity contribution is 9.10. The van der Waals surface area contributed by atoms with Gasteiger partial charge in [-0.1, -0.05) is 13.8 Å². The molecule has 0 saturated carbocycles.